The van der Waals surface area contributed by atoms with Crippen molar-refractivity contribution >= 4 is 5.97 Å². The van der Waals surface area contributed by atoms with Crippen molar-refractivity contribution < 1.29 is 19.7 Å². The minimum Gasteiger partial charge on any atom is -0.508 e. The number of nitrogens with zero attached hydrogens (tertiary/aromatic N) is 2. The Morgan fingerprint density at radius 1 is 1.39 bits per heavy atom. The highest BCUT2D eigenvalue weighted by Gasteiger charge is 2.21. The zero-order chi connectivity index (χ0) is 13.1. The van der Waals surface area contributed by atoms with Gasteiger partial charge in [0, 0.05) is 11.6 Å². The van der Waals surface area contributed by atoms with E-state index in [1.54, 1.807) is 6.92 Å². The van der Waals surface area contributed by atoms with Crippen LogP contribution in [-0.2, 0) is 4.74 Å². The van der Waals surface area contributed by atoms with E-state index in [4.69, 9.17) is 4.74 Å². The van der Waals surface area contributed by atoms with Gasteiger partial charge >= 0.3 is 5.97 Å². The molecule has 0 amide bonds. The standard InChI is InChI=1S/C11H11N3O4/c1-2-18-11(17)10-9(12-14-13-10)7-4-3-6(15)5-8(7)16/h3-5,15-16H,2H2,1H3,(H,12,13,14). The van der Waals surface area contributed by atoms with E-state index in [2.05, 4.69) is 15.4 Å². The number of phenolic OH excluding ortho intramolecular Hbond substituents is 2. The molecular weight excluding hydrogens is 238 g/mol. The molecule has 0 saturated heterocycles. The molecule has 7 nitrogen and oxygen atoms in total. The van der Waals surface area contributed by atoms with Gasteiger partial charge in [0.15, 0.2) is 5.69 Å². The molecule has 0 bridgehead atoms. The van der Waals surface area contributed by atoms with Gasteiger partial charge in [0.25, 0.3) is 0 Å². The lowest BCUT2D eigenvalue weighted by Gasteiger charge is -2.03. The second-order valence-corrected chi connectivity index (χ2v) is 3.44. The monoisotopic (exact) mass is 249 g/mol. The fraction of sp³-hybridized carbons (Fsp3) is 0.182. The molecule has 94 valence electrons. The Kier molecular flexibility index (Phi) is 3.13. The van der Waals surface area contributed by atoms with Crippen LogP contribution in [0, 0.1) is 0 Å². The maximum atomic E-state index is 11.6. The second-order valence-electron chi connectivity index (χ2n) is 3.44. The normalized spacial score (nSPS) is 10.3. The molecule has 0 atom stereocenters. The Hall–Kier alpha value is -2.57. The van der Waals surface area contributed by atoms with Crippen LogP contribution in [-0.4, -0.2) is 38.2 Å². The van der Waals surface area contributed by atoms with Crippen molar-refractivity contribution in [3.63, 3.8) is 0 Å². The number of esters is 1. The summed E-state index contributed by atoms with van der Waals surface area (Å²) in [5.74, 6) is -0.916. The minimum absolute atomic E-state index is 0.0159. The van der Waals surface area contributed by atoms with Gasteiger partial charge in [0.1, 0.15) is 17.2 Å². The van der Waals surface area contributed by atoms with E-state index in [1.807, 2.05) is 0 Å². The zero-order valence-electron chi connectivity index (χ0n) is 9.54. The van der Waals surface area contributed by atoms with Gasteiger partial charge in [-0.3, -0.25) is 0 Å². The van der Waals surface area contributed by atoms with E-state index >= 15 is 0 Å². The number of ether oxygens (including phenoxy) is 1. The number of aromatic amines is 1. The Bertz CT molecular complexity index is 579. The van der Waals surface area contributed by atoms with Crippen LogP contribution in [0.1, 0.15) is 17.4 Å². The molecule has 0 aliphatic heterocycles. The first kappa shape index (κ1) is 11.9. The summed E-state index contributed by atoms with van der Waals surface area (Å²) in [7, 11) is 0. The van der Waals surface area contributed by atoms with Crippen molar-refractivity contribution in [2.45, 2.75) is 6.92 Å². The predicted octanol–water partition coefficient (Wildman–Crippen LogP) is 1.06. The summed E-state index contributed by atoms with van der Waals surface area (Å²) < 4.78 is 4.82. The number of aromatic hydroxyl groups is 2. The largest absolute Gasteiger partial charge is 0.508 e. The van der Waals surface area contributed by atoms with Crippen LogP contribution in [0.4, 0.5) is 0 Å². The van der Waals surface area contributed by atoms with Gasteiger partial charge in [-0.05, 0) is 19.1 Å². The molecule has 0 radical (unpaired) electrons. The van der Waals surface area contributed by atoms with E-state index in [0.29, 0.717) is 0 Å². The minimum atomic E-state index is -0.631. The van der Waals surface area contributed by atoms with Gasteiger partial charge in [-0.2, -0.15) is 10.3 Å². The van der Waals surface area contributed by atoms with Crippen molar-refractivity contribution in [1.29, 1.82) is 0 Å². The summed E-state index contributed by atoms with van der Waals surface area (Å²) in [6, 6.07) is 3.96. The van der Waals surface area contributed by atoms with Crippen molar-refractivity contribution in [1.82, 2.24) is 15.4 Å². The molecule has 18 heavy (non-hydrogen) atoms. The van der Waals surface area contributed by atoms with E-state index in [-0.39, 0.29) is 35.1 Å². The number of phenols is 2. The van der Waals surface area contributed by atoms with E-state index in [1.165, 1.54) is 12.1 Å². The van der Waals surface area contributed by atoms with Gasteiger partial charge in [0.2, 0.25) is 0 Å². The SMILES string of the molecule is CCOC(=O)c1n[nH]nc1-c1ccc(O)cc1O. The molecule has 0 fully saturated rings. The van der Waals surface area contributed by atoms with Crippen molar-refractivity contribution in [3.8, 4) is 22.8 Å². The summed E-state index contributed by atoms with van der Waals surface area (Å²) in [6.45, 7) is 1.89. The third-order valence-electron chi connectivity index (χ3n) is 2.25. The molecule has 0 saturated carbocycles. The molecule has 0 aliphatic carbocycles. The molecule has 0 unspecified atom stereocenters. The highest BCUT2D eigenvalue weighted by Crippen LogP contribution is 2.32. The van der Waals surface area contributed by atoms with Crippen LogP contribution in [0.3, 0.4) is 0 Å². The van der Waals surface area contributed by atoms with Crippen LogP contribution in [0.5, 0.6) is 11.5 Å². The number of carbonyl (C=O) groups excluding carboxylic acids is 1. The first-order valence-corrected chi connectivity index (χ1v) is 5.23. The molecule has 2 rings (SSSR count). The number of benzene rings is 1. The lowest BCUT2D eigenvalue weighted by molar-refractivity contribution is 0.0520. The van der Waals surface area contributed by atoms with Gasteiger partial charge in [0.05, 0.1) is 6.61 Å². The Morgan fingerprint density at radius 2 is 2.17 bits per heavy atom. The average molecular weight is 249 g/mol. The number of nitrogens with one attached hydrogen (secondary N) is 1. The molecule has 1 heterocycles. The molecule has 2 aromatic rings. The summed E-state index contributed by atoms with van der Waals surface area (Å²) in [5.41, 5.74) is 0.438. The summed E-state index contributed by atoms with van der Waals surface area (Å²) >= 11 is 0. The number of H-pyrrole nitrogens is 1. The second kappa shape index (κ2) is 4.74. The fourth-order valence-corrected chi connectivity index (χ4v) is 1.48. The Labute approximate surface area is 102 Å². The van der Waals surface area contributed by atoms with E-state index in [9.17, 15) is 15.0 Å². The Balaban J connectivity index is 2.45. The maximum absolute atomic E-state index is 11.6. The molecule has 3 N–H and O–H groups in total. The number of carbonyl (C=O) groups is 1. The smallest absolute Gasteiger partial charge is 0.361 e. The average Bonchev–Trinajstić information content (AvgIpc) is 2.78. The van der Waals surface area contributed by atoms with Gasteiger partial charge in [-0.15, -0.1) is 5.10 Å². The maximum Gasteiger partial charge on any atom is 0.361 e. The number of rotatable bonds is 3. The van der Waals surface area contributed by atoms with Crippen molar-refractivity contribution in [3.05, 3.63) is 23.9 Å². The van der Waals surface area contributed by atoms with E-state index in [0.717, 1.165) is 6.07 Å². The predicted molar refractivity (Wildman–Crippen MR) is 61.1 cm³/mol. The van der Waals surface area contributed by atoms with Crippen LogP contribution < -0.4 is 0 Å². The van der Waals surface area contributed by atoms with Crippen LogP contribution in [0.15, 0.2) is 18.2 Å². The lowest BCUT2D eigenvalue weighted by atomic mass is 10.1. The molecule has 7 heteroatoms. The summed E-state index contributed by atoms with van der Waals surface area (Å²) in [4.78, 5) is 11.6. The first-order chi connectivity index (χ1) is 8.63. The van der Waals surface area contributed by atoms with Gasteiger partial charge in [-0.25, -0.2) is 4.79 Å². The molecule has 0 aliphatic rings. The zero-order valence-corrected chi connectivity index (χ0v) is 9.54. The van der Waals surface area contributed by atoms with E-state index < -0.39 is 5.97 Å². The highest BCUT2D eigenvalue weighted by atomic mass is 16.5. The third-order valence-corrected chi connectivity index (χ3v) is 2.25. The van der Waals surface area contributed by atoms with Crippen molar-refractivity contribution in [2.75, 3.05) is 6.61 Å². The molecule has 0 spiro atoms. The number of hydrogen-bond acceptors (Lipinski definition) is 6. The van der Waals surface area contributed by atoms with Gasteiger partial charge < -0.3 is 14.9 Å². The van der Waals surface area contributed by atoms with Crippen LogP contribution >= 0.6 is 0 Å². The van der Waals surface area contributed by atoms with Crippen LogP contribution in [0.25, 0.3) is 11.3 Å². The van der Waals surface area contributed by atoms with Crippen molar-refractivity contribution in [2.24, 2.45) is 0 Å². The third kappa shape index (κ3) is 2.10. The number of hydrogen-bond donors (Lipinski definition) is 3. The first-order valence-electron chi connectivity index (χ1n) is 5.23. The topological polar surface area (TPSA) is 108 Å². The highest BCUT2D eigenvalue weighted by molar-refractivity contribution is 5.94. The summed E-state index contributed by atoms with van der Waals surface area (Å²) in [6.07, 6.45) is 0. The number of aromatic nitrogens is 3. The molecule has 1 aromatic heterocycles. The summed E-state index contributed by atoms with van der Waals surface area (Å²) in [5, 5.41) is 28.7. The quantitative estimate of drug-likeness (QED) is 0.702. The molecule has 1 aromatic carbocycles. The van der Waals surface area contributed by atoms with Gasteiger partial charge in [-0.1, -0.05) is 0 Å². The fourth-order valence-electron chi connectivity index (χ4n) is 1.48. The lowest BCUT2D eigenvalue weighted by Crippen LogP contribution is -2.06. The molecular formula is C11H11N3O4. The Morgan fingerprint density at radius 3 is 2.83 bits per heavy atom. The van der Waals surface area contributed by atoms with Crippen LogP contribution in [0.2, 0.25) is 0 Å².